The van der Waals surface area contributed by atoms with Crippen LogP contribution in [0.25, 0.3) is 0 Å². The molecule has 1 heterocycles. The molecule has 0 amide bonds. The van der Waals surface area contributed by atoms with E-state index in [4.69, 9.17) is 10.00 Å². The summed E-state index contributed by atoms with van der Waals surface area (Å²) in [5.41, 5.74) is 0. The minimum atomic E-state index is -0.167. The Bertz CT molecular complexity index is 260. The number of ether oxygens (including phenoxy) is 1. The first-order valence-electron chi connectivity index (χ1n) is 5.40. The van der Waals surface area contributed by atoms with Gasteiger partial charge in [0.1, 0.15) is 6.04 Å². The molecule has 2 unspecified atom stereocenters. The van der Waals surface area contributed by atoms with Gasteiger partial charge in [-0.15, -0.1) is 0 Å². The van der Waals surface area contributed by atoms with Crippen molar-refractivity contribution >= 4 is 5.97 Å². The molecule has 0 aliphatic carbocycles. The second-order valence-corrected chi connectivity index (χ2v) is 4.06. The minimum absolute atomic E-state index is 0.0322. The van der Waals surface area contributed by atoms with Gasteiger partial charge in [-0.1, -0.05) is 6.42 Å². The van der Waals surface area contributed by atoms with Gasteiger partial charge >= 0.3 is 5.97 Å². The van der Waals surface area contributed by atoms with Gasteiger partial charge in [-0.05, 0) is 26.3 Å². The molecule has 0 N–H and O–H groups in total. The number of hydrogen-bond donors (Lipinski definition) is 0. The zero-order valence-corrected chi connectivity index (χ0v) is 9.40. The average Bonchev–Trinajstić information content (AvgIpc) is 2.28. The van der Waals surface area contributed by atoms with Crippen molar-refractivity contribution in [3.63, 3.8) is 0 Å². The Morgan fingerprint density at radius 3 is 3.00 bits per heavy atom. The van der Waals surface area contributed by atoms with E-state index in [9.17, 15) is 4.79 Å². The van der Waals surface area contributed by atoms with Crippen LogP contribution in [0.3, 0.4) is 0 Å². The summed E-state index contributed by atoms with van der Waals surface area (Å²) in [6.07, 6.45) is 3.02. The molecule has 1 aliphatic heterocycles. The smallest absolute Gasteiger partial charge is 0.323 e. The van der Waals surface area contributed by atoms with Crippen LogP contribution in [0.2, 0.25) is 0 Å². The van der Waals surface area contributed by atoms with Gasteiger partial charge in [-0.2, -0.15) is 5.26 Å². The van der Waals surface area contributed by atoms with E-state index < -0.39 is 0 Å². The Morgan fingerprint density at radius 1 is 1.67 bits per heavy atom. The number of piperidine rings is 1. The van der Waals surface area contributed by atoms with Crippen molar-refractivity contribution in [2.75, 3.05) is 20.2 Å². The molecule has 1 rings (SSSR count). The molecule has 2 atom stereocenters. The molecule has 0 aromatic heterocycles. The molecule has 0 aromatic carbocycles. The monoisotopic (exact) mass is 210 g/mol. The van der Waals surface area contributed by atoms with E-state index in [1.807, 2.05) is 6.92 Å². The highest BCUT2D eigenvalue weighted by Gasteiger charge is 2.29. The van der Waals surface area contributed by atoms with Gasteiger partial charge in [0.2, 0.25) is 0 Å². The van der Waals surface area contributed by atoms with Gasteiger partial charge in [0.05, 0.1) is 19.1 Å². The van der Waals surface area contributed by atoms with Crippen molar-refractivity contribution < 1.29 is 9.53 Å². The van der Waals surface area contributed by atoms with E-state index in [-0.39, 0.29) is 17.9 Å². The van der Waals surface area contributed by atoms with Crippen LogP contribution in [0.1, 0.15) is 26.2 Å². The van der Waals surface area contributed by atoms with E-state index in [2.05, 4.69) is 11.0 Å². The molecule has 15 heavy (non-hydrogen) atoms. The Hall–Kier alpha value is -1.08. The van der Waals surface area contributed by atoms with Crippen molar-refractivity contribution in [1.82, 2.24) is 4.90 Å². The lowest BCUT2D eigenvalue weighted by Crippen LogP contribution is -2.46. The normalized spacial score (nSPS) is 24.2. The molecule has 0 aromatic rings. The maximum Gasteiger partial charge on any atom is 0.323 e. The summed E-state index contributed by atoms with van der Waals surface area (Å²) in [4.78, 5) is 13.6. The van der Waals surface area contributed by atoms with E-state index in [1.54, 1.807) is 0 Å². The zero-order valence-electron chi connectivity index (χ0n) is 9.40. The van der Waals surface area contributed by atoms with E-state index >= 15 is 0 Å². The van der Waals surface area contributed by atoms with Crippen LogP contribution < -0.4 is 0 Å². The maximum absolute atomic E-state index is 11.5. The van der Waals surface area contributed by atoms with Gasteiger partial charge in [0, 0.05) is 6.54 Å². The van der Waals surface area contributed by atoms with Crippen LogP contribution in [0.15, 0.2) is 0 Å². The lowest BCUT2D eigenvalue weighted by molar-refractivity contribution is -0.148. The highest BCUT2D eigenvalue weighted by atomic mass is 16.5. The Kier molecular flexibility index (Phi) is 4.57. The van der Waals surface area contributed by atoms with Crippen LogP contribution in [0.5, 0.6) is 0 Å². The number of esters is 1. The van der Waals surface area contributed by atoms with Crippen LogP contribution in [-0.4, -0.2) is 37.1 Å². The van der Waals surface area contributed by atoms with Gasteiger partial charge in [0.25, 0.3) is 0 Å². The van der Waals surface area contributed by atoms with Gasteiger partial charge < -0.3 is 4.74 Å². The fraction of sp³-hybridized carbons (Fsp3) is 0.818. The van der Waals surface area contributed by atoms with Crippen LogP contribution in [0, 0.1) is 17.2 Å². The second-order valence-electron chi connectivity index (χ2n) is 4.06. The Labute approximate surface area is 90.8 Å². The first-order valence-corrected chi connectivity index (χ1v) is 5.40. The SMILES string of the molecule is COC(=O)C1CCCCN1CC(C)C#N. The average molecular weight is 210 g/mol. The highest BCUT2D eigenvalue weighted by Crippen LogP contribution is 2.19. The maximum atomic E-state index is 11.5. The summed E-state index contributed by atoms with van der Waals surface area (Å²) in [6.45, 7) is 3.44. The third-order valence-corrected chi connectivity index (χ3v) is 2.82. The van der Waals surface area contributed by atoms with Crippen LogP contribution >= 0.6 is 0 Å². The lowest BCUT2D eigenvalue weighted by atomic mass is 10.0. The quantitative estimate of drug-likeness (QED) is 0.656. The van der Waals surface area contributed by atoms with E-state index in [0.29, 0.717) is 6.54 Å². The predicted molar refractivity (Wildman–Crippen MR) is 56.0 cm³/mol. The number of rotatable bonds is 3. The van der Waals surface area contributed by atoms with E-state index in [0.717, 1.165) is 25.8 Å². The molecule has 4 nitrogen and oxygen atoms in total. The van der Waals surface area contributed by atoms with Crippen molar-refractivity contribution in [1.29, 1.82) is 5.26 Å². The summed E-state index contributed by atoms with van der Waals surface area (Å²) in [5.74, 6) is -0.199. The third-order valence-electron chi connectivity index (χ3n) is 2.82. The molecular weight excluding hydrogens is 192 g/mol. The van der Waals surface area contributed by atoms with E-state index in [1.165, 1.54) is 7.11 Å². The second kappa shape index (κ2) is 5.72. The number of methoxy groups -OCH3 is 1. The molecule has 0 bridgehead atoms. The van der Waals surface area contributed by atoms with Gasteiger partial charge in [0.15, 0.2) is 0 Å². The third kappa shape index (κ3) is 3.21. The fourth-order valence-corrected chi connectivity index (χ4v) is 2.01. The molecule has 4 heteroatoms. The van der Waals surface area contributed by atoms with Crippen molar-refractivity contribution in [3.05, 3.63) is 0 Å². The molecule has 0 spiro atoms. The summed E-state index contributed by atoms with van der Waals surface area (Å²) < 4.78 is 4.77. The molecule has 0 radical (unpaired) electrons. The Morgan fingerprint density at radius 2 is 2.40 bits per heavy atom. The number of carbonyl (C=O) groups is 1. The highest BCUT2D eigenvalue weighted by molar-refractivity contribution is 5.75. The number of likely N-dealkylation sites (tertiary alicyclic amines) is 1. The zero-order chi connectivity index (χ0) is 11.3. The summed E-state index contributed by atoms with van der Waals surface area (Å²) in [5, 5.41) is 8.75. The first-order chi connectivity index (χ1) is 7.19. The van der Waals surface area contributed by atoms with Gasteiger partial charge in [-0.25, -0.2) is 0 Å². The molecular formula is C11H18N2O2. The van der Waals surface area contributed by atoms with Crippen molar-refractivity contribution in [3.8, 4) is 6.07 Å². The van der Waals surface area contributed by atoms with Crippen LogP contribution in [-0.2, 0) is 9.53 Å². The largest absolute Gasteiger partial charge is 0.468 e. The topological polar surface area (TPSA) is 53.3 Å². The summed E-state index contributed by atoms with van der Waals surface area (Å²) in [6, 6.07) is 2.06. The Balaban J connectivity index is 2.58. The standard InChI is InChI=1S/C11H18N2O2/c1-9(7-12)8-13-6-4-3-5-10(13)11(14)15-2/h9-10H,3-6,8H2,1-2H3. The summed E-state index contributed by atoms with van der Waals surface area (Å²) >= 11 is 0. The fourth-order valence-electron chi connectivity index (χ4n) is 2.01. The first kappa shape index (κ1) is 12.0. The molecule has 0 saturated carbocycles. The lowest BCUT2D eigenvalue weighted by Gasteiger charge is -2.34. The molecule has 1 aliphatic rings. The number of nitrogens with zero attached hydrogens (tertiary/aromatic N) is 2. The molecule has 1 fully saturated rings. The van der Waals surface area contributed by atoms with Crippen molar-refractivity contribution in [2.45, 2.75) is 32.2 Å². The number of nitriles is 1. The number of hydrogen-bond acceptors (Lipinski definition) is 4. The van der Waals surface area contributed by atoms with Crippen molar-refractivity contribution in [2.24, 2.45) is 5.92 Å². The summed E-state index contributed by atoms with van der Waals surface area (Å²) in [7, 11) is 1.42. The molecule has 1 saturated heterocycles. The molecule has 84 valence electrons. The van der Waals surface area contributed by atoms with Gasteiger partial charge in [-0.3, -0.25) is 9.69 Å². The predicted octanol–water partition coefficient (Wildman–Crippen LogP) is 1.17. The van der Waals surface area contributed by atoms with Crippen LogP contribution in [0.4, 0.5) is 0 Å². The minimum Gasteiger partial charge on any atom is -0.468 e. The number of carbonyl (C=O) groups excluding carboxylic acids is 1.